The van der Waals surface area contributed by atoms with Gasteiger partial charge in [0.2, 0.25) is 0 Å². The zero-order valence-electron chi connectivity index (χ0n) is 35.7. The van der Waals surface area contributed by atoms with Crippen LogP contribution >= 0.6 is 0 Å². The van der Waals surface area contributed by atoms with Gasteiger partial charge >= 0.3 is 17.9 Å². The Morgan fingerprint density at radius 2 is 0.830 bits per heavy atom. The van der Waals surface area contributed by atoms with Crippen LogP contribution in [0.1, 0.15) is 219 Å². The molecule has 1 N–H and O–H groups in total. The van der Waals surface area contributed by atoms with Crippen LogP contribution in [0.4, 0.5) is 0 Å². The van der Waals surface area contributed by atoms with E-state index < -0.39 is 18.1 Å². The Kier molecular flexibility index (Phi) is 36.1. The van der Waals surface area contributed by atoms with Crippen LogP contribution in [0.5, 0.6) is 0 Å². The molecule has 0 fully saturated rings. The van der Waals surface area contributed by atoms with Crippen molar-refractivity contribution in [2.75, 3.05) is 41.0 Å². The summed E-state index contributed by atoms with van der Waals surface area (Å²) in [7, 11) is 5.53. The number of hydrogen-bond acceptors (Lipinski definition) is 6. The van der Waals surface area contributed by atoms with Crippen LogP contribution < -0.4 is 0 Å². The Balaban J connectivity index is 4.19. The lowest BCUT2D eigenvalue weighted by Gasteiger charge is -2.31. The smallest absolute Gasteiger partial charge is 0.362 e. The minimum absolute atomic E-state index is 0.0422. The van der Waals surface area contributed by atoms with Gasteiger partial charge in [0.25, 0.3) is 0 Å². The molecule has 0 aliphatic carbocycles. The summed E-state index contributed by atoms with van der Waals surface area (Å²) in [6.45, 7) is 4.76. The molecule has 8 nitrogen and oxygen atoms in total. The Labute approximate surface area is 327 Å². The molecule has 2 atom stereocenters. The number of carbonyl (C=O) groups excluding carboxylic acids is 2. The highest BCUT2D eigenvalue weighted by Gasteiger charge is 2.31. The second kappa shape index (κ2) is 37.3. The first-order chi connectivity index (χ1) is 25.6. The number of likely N-dealkylation sites (N-methyl/N-ethyl adjacent to an activating group) is 1. The van der Waals surface area contributed by atoms with Crippen molar-refractivity contribution in [2.45, 2.75) is 231 Å². The van der Waals surface area contributed by atoms with Crippen molar-refractivity contribution < 1.29 is 38.2 Å². The Morgan fingerprint density at radius 3 is 1.17 bits per heavy atom. The molecule has 0 rings (SSSR count). The number of hydrogen-bond donors (Lipinski definition) is 1. The highest BCUT2D eigenvalue weighted by molar-refractivity contribution is 5.72. The number of rotatable bonds is 41. The number of unbranched alkanes of at least 4 members (excludes halogenated alkanes) is 27. The van der Waals surface area contributed by atoms with Crippen LogP contribution in [0.25, 0.3) is 0 Å². The summed E-state index contributed by atoms with van der Waals surface area (Å²) in [5.74, 6) is -1.45. The van der Waals surface area contributed by atoms with Gasteiger partial charge in [-0.05, 0) is 12.8 Å². The maximum Gasteiger partial charge on any atom is 0.362 e. The molecule has 0 saturated heterocycles. The van der Waals surface area contributed by atoms with E-state index in [1.165, 1.54) is 148 Å². The normalized spacial score (nSPS) is 12.8. The molecule has 0 aromatic carbocycles. The lowest BCUT2D eigenvalue weighted by molar-refractivity contribution is -0.887. The lowest BCUT2D eigenvalue weighted by atomic mass is 10.0. The number of carbonyl (C=O) groups is 3. The predicted octanol–water partition coefficient (Wildman–Crippen LogP) is 12.1. The molecule has 0 spiro atoms. The maximum atomic E-state index is 12.7. The predicted molar refractivity (Wildman–Crippen MR) is 220 cm³/mol. The van der Waals surface area contributed by atoms with Crippen LogP contribution in [0.2, 0.25) is 0 Å². The third kappa shape index (κ3) is 35.8. The molecular formula is C45H88NO7+. The number of aliphatic carboxylic acids is 1. The fourth-order valence-corrected chi connectivity index (χ4v) is 6.98. The fourth-order valence-electron chi connectivity index (χ4n) is 6.98. The van der Waals surface area contributed by atoms with Crippen LogP contribution in [0.15, 0.2) is 0 Å². The van der Waals surface area contributed by atoms with Gasteiger partial charge in [-0.2, -0.15) is 0 Å². The molecule has 2 unspecified atom stereocenters. The third-order valence-corrected chi connectivity index (χ3v) is 10.5. The first-order valence-electron chi connectivity index (χ1n) is 22.6. The zero-order valence-corrected chi connectivity index (χ0v) is 35.7. The van der Waals surface area contributed by atoms with E-state index in [9.17, 15) is 19.5 Å². The molecule has 0 bridgehead atoms. The first-order valence-corrected chi connectivity index (χ1v) is 22.6. The van der Waals surface area contributed by atoms with Crippen LogP contribution in [-0.4, -0.2) is 80.6 Å². The number of carboxylic acids is 1. The molecule has 0 radical (unpaired) electrons. The van der Waals surface area contributed by atoms with Gasteiger partial charge < -0.3 is 23.8 Å². The molecular weight excluding hydrogens is 666 g/mol. The Morgan fingerprint density at radius 1 is 0.491 bits per heavy atom. The molecule has 0 amide bonds. The molecule has 0 aromatic heterocycles. The number of esters is 2. The first kappa shape index (κ1) is 51.3. The van der Waals surface area contributed by atoms with E-state index in [4.69, 9.17) is 14.2 Å². The van der Waals surface area contributed by atoms with Gasteiger partial charge in [0.05, 0.1) is 34.4 Å². The minimum atomic E-state index is -0.871. The van der Waals surface area contributed by atoms with Crippen LogP contribution in [-0.2, 0) is 28.6 Å². The van der Waals surface area contributed by atoms with E-state index in [1.807, 2.05) is 21.1 Å². The summed E-state index contributed by atoms with van der Waals surface area (Å²) in [4.78, 5) is 36.9. The number of quaternary nitrogens is 1. The molecule has 0 aliphatic rings. The van der Waals surface area contributed by atoms with E-state index in [1.54, 1.807) is 0 Å². The Hall–Kier alpha value is -1.67. The highest BCUT2D eigenvalue weighted by atomic mass is 16.6. The summed E-state index contributed by atoms with van der Waals surface area (Å²) < 4.78 is 17.3. The Bertz CT molecular complexity index is 843. The van der Waals surface area contributed by atoms with Crippen molar-refractivity contribution in [3.05, 3.63) is 0 Å². The SMILES string of the molecule is CCCCCCCCCCCCCCCCCCCCCC(=O)OCC(COCCC(C(=O)O)[N+](C)(C)C)OC(=O)CCCCCCCCCCCC. The number of nitrogens with zero attached hydrogens (tertiary/aromatic N) is 1. The summed E-state index contributed by atoms with van der Waals surface area (Å²) >= 11 is 0. The van der Waals surface area contributed by atoms with Crippen molar-refractivity contribution >= 4 is 17.9 Å². The van der Waals surface area contributed by atoms with Crippen molar-refractivity contribution in [3.8, 4) is 0 Å². The molecule has 8 heteroatoms. The van der Waals surface area contributed by atoms with Crippen molar-refractivity contribution in [3.63, 3.8) is 0 Å². The largest absolute Gasteiger partial charge is 0.477 e. The number of carboxylic acid groups (broad SMARTS) is 1. The lowest BCUT2D eigenvalue weighted by Crippen LogP contribution is -2.50. The van der Waals surface area contributed by atoms with Crippen molar-refractivity contribution in [2.24, 2.45) is 0 Å². The number of ether oxygens (including phenoxy) is 3. The summed E-state index contributed by atoms with van der Waals surface area (Å²) in [5.41, 5.74) is 0. The second-order valence-corrected chi connectivity index (χ2v) is 16.7. The topological polar surface area (TPSA) is 99.1 Å². The van der Waals surface area contributed by atoms with E-state index in [2.05, 4.69) is 13.8 Å². The monoisotopic (exact) mass is 755 g/mol. The highest BCUT2D eigenvalue weighted by Crippen LogP contribution is 2.16. The molecule has 53 heavy (non-hydrogen) atoms. The minimum Gasteiger partial charge on any atom is -0.477 e. The molecule has 0 saturated carbocycles. The zero-order chi connectivity index (χ0) is 39.3. The molecule has 0 aromatic rings. The standard InChI is InChI=1S/C45H87NO7/c1-6-8-10-12-14-16-18-19-20-21-22-23-24-25-26-28-29-31-33-35-43(47)52-40-41(39-51-38-37-42(45(49)50)46(3,4)5)53-44(48)36-34-32-30-27-17-15-13-11-9-7-2/h41-42H,6-40H2,1-5H3/p+1. The van der Waals surface area contributed by atoms with E-state index in [0.29, 0.717) is 19.3 Å². The van der Waals surface area contributed by atoms with Gasteiger partial charge in [0.15, 0.2) is 12.1 Å². The van der Waals surface area contributed by atoms with Gasteiger partial charge in [-0.1, -0.05) is 187 Å². The van der Waals surface area contributed by atoms with E-state index >= 15 is 0 Å². The average molecular weight is 755 g/mol. The van der Waals surface area contributed by atoms with E-state index in [-0.39, 0.29) is 36.2 Å². The molecule has 314 valence electrons. The van der Waals surface area contributed by atoms with E-state index in [0.717, 1.165) is 38.5 Å². The summed E-state index contributed by atoms with van der Waals surface area (Å²) in [5, 5.41) is 9.60. The van der Waals surface area contributed by atoms with Gasteiger partial charge in [0, 0.05) is 19.3 Å². The molecule has 0 heterocycles. The van der Waals surface area contributed by atoms with Crippen LogP contribution in [0, 0.1) is 0 Å². The summed E-state index contributed by atoms with van der Waals surface area (Å²) in [6.07, 6.45) is 37.2. The summed E-state index contributed by atoms with van der Waals surface area (Å²) in [6, 6.07) is -0.607. The average Bonchev–Trinajstić information content (AvgIpc) is 3.11. The maximum absolute atomic E-state index is 12.7. The van der Waals surface area contributed by atoms with Crippen molar-refractivity contribution in [1.29, 1.82) is 0 Å². The van der Waals surface area contributed by atoms with Gasteiger partial charge in [-0.25, -0.2) is 4.79 Å². The van der Waals surface area contributed by atoms with Gasteiger partial charge in [-0.3, -0.25) is 9.59 Å². The fraction of sp³-hybridized carbons (Fsp3) is 0.933. The van der Waals surface area contributed by atoms with Gasteiger partial charge in [-0.15, -0.1) is 0 Å². The quantitative estimate of drug-likeness (QED) is 0.0377. The van der Waals surface area contributed by atoms with Crippen LogP contribution in [0.3, 0.4) is 0 Å². The molecule has 0 aliphatic heterocycles. The van der Waals surface area contributed by atoms with Crippen molar-refractivity contribution in [1.82, 2.24) is 0 Å². The third-order valence-electron chi connectivity index (χ3n) is 10.5. The second-order valence-electron chi connectivity index (χ2n) is 16.7. The van der Waals surface area contributed by atoms with Gasteiger partial charge in [0.1, 0.15) is 6.61 Å².